The first kappa shape index (κ1) is 20.7. The Hall–Kier alpha value is -3.54. The number of hydrogen-bond acceptors (Lipinski definition) is 4. The van der Waals surface area contributed by atoms with Gasteiger partial charge < -0.3 is 9.80 Å². The molecule has 0 aliphatic carbocycles. The van der Waals surface area contributed by atoms with E-state index in [-0.39, 0.29) is 17.5 Å². The highest BCUT2D eigenvalue weighted by Gasteiger charge is 2.38. The van der Waals surface area contributed by atoms with Crippen LogP contribution in [0.3, 0.4) is 0 Å². The molecule has 1 aliphatic rings. The van der Waals surface area contributed by atoms with Crippen LogP contribution in [-0.2, 0) is 11.2 Å². The van der Waals surface area contributed by atoms with Gasteiger partial charge in [0, 0.05) is 38.4 Å². The molecule has 1 saturated heterocycles. The van der Waals surface area contributed by atoms with Crippen molar-refractivity contribution in [3.8, 4) is 11.1 Å². The van der Waals surface area contributed by atoms with Gasteiger partial charge in [0.2, 0.25) is 5.91 Å². The Bertz CT molecular complexity index is 1040. The second-order valence-corrected chi connectivity index (χ2v) is 7.66. The SMILES string of the molecule is CCCN1CCN(C(=O)c2cnccn2)[C@H](Cc2ccccc2-c2ccccc2)C1=O. The van der Waals surface area contributed by atoms with Gasteiger partial charge in [0.25, 0.3) is 5.91 Å². The summed E-state index contributed by atoms with van der Waals surface area (Å²) in [7, 11) is 0. The standard InChI is InChI=1S/C25H26N4O2/c1-2-14-28-15-16-29(24(30)22-18-26-12-13-27-22)23(25(28)31)17-20-10-6-7-11-21(20)19-8-4-3-5-9-19/h3-13,18,23H,2,14-17H2,1H3/t23-/m1/s1. The molecule has 2 aromatic carbocycles. The molecule has 0 N–H and O–H groups in total. The summed E-state index contributed by atoms with van der Waals surface area (Å²) in [5, 5.41) is 0. The minimum atomic E-state index is -0.570. The van der Waals surface area contributed by atoms with E-state index >= 15 is 0 Å². The maximum absolute atomic E-state index is 13.4. The Balaban J connectivity index is 1.68. The second kappa shape index (κ2) is 9.51. The molecule has 6 nitrogen and oxygen atoms in total. The first-order valence-corrected chi connectivity index (χ1v) is 10.7. The van der Waals surface area contributed by atoms with Gasteiger partial charge >= 0.3 is 0 Å². The summed E-state index contributed by atoms with van der Waals surface area (Å²) in [6, 6.07) is 17.6. The van der Waals surface area contributed by atoms with Crippen LogP contribution in [0.4, 0.5) is 0 Å². The first-order chi connectivity index (χ1) is 15.2. The Kier molecular flexibility index (Phi) is 6.36. The summed E-state index contributed by atoms with van der Waals surface area (Å²) in [5.41, 5.74) is 3.48. The third kappa shape index (κ3) is 4.48. The van der Waals surface area contributed by atoms with Crippen molar-refractivity contribution in [3.63, 3.8) is 0 Å². The molecule has 0 spiro atoms. The molecule has 1 atom stereocenters. The van der Waals surface area contributed by atoms with Crippen molar-refractivity contribution in [2.45, 2.75) is 25.8 Å². The molecule has 31 heavy (non-hydrogen) atoms. The van der Waals surface area contributed by atoms with Crippen molar-refractivity contribution in [1.82, 2.24) is 19.8 Å². The van der Waals surface area contributed by atoms with Crippen molar-refractivity contribution in [3.05, 3.63) is 84.4 Å². The lowest BCUT2D eigenvalue weighted by Gasteiger charge is -2.40. The highest BCUT2D eigenvalue weighted by molar-refractivity contribution is 5.97. The number of hydrogen-bond donors (Lipinski definition) is 0. The summed E-state index contributed by atoms with van der Waals surface area (Å²) >= 11 is 0. The largest absolute Gasteiger partial charge is 0.339 e. The minimum Gasteiger partial charge on any atom is -0.339 e. The van der Waals surface area contributed by atoms with E-state index in [2.05, 4.69) is 35.1 Å². The zero-order valence-electron chi connectivity index (χ0n) is 17.6. The number of rotatable bonds is 6. The van der Waals surface area contributed by atoms with Crippen LogP contribution in [0.15, 0.2) is 73.2 Å². The van der Waals surface area contributed by atoms with Gasteiger partial charge in [0.15, 0.2) is 0 Å². The fourth-order valence-electron chi connectivity index (χ4n) is 4.13. The Labute approximate surface area is 182 Å². The van der Waals surface area contributed by atoms with Crippen molar-refractivity contribution >= 4 is 11.8 Å². The molecule has 0 radical (unpaired) electrons. The highest BCUT2D eigenvalue weighted by Crippen LogP contribution is 2.27. The summed E-state index contributed by atoms with van der Waals surface area (Å²) in [4.78, 5) is 38.3. The third-order valence-electron chi connectivity index (χ3n) is 5.64. The maximum atomic E-state index is 13.4. The van der Waals surface area contributed by atoms with Crippen molar-refractivity contribution in [2.75, 3.05) is 19.6 Å². The quantitative estimate of drug-likeness (QED) is 0.620. The Morgan fingerprint density at radius 2 is 1.81 bits per heavy atom. The zero-order valence-corrected chi connectivity index (χ0v) is 17.6. The van der Waals surface area contributed by atoms with E-state index in [0.717, 1.165) is 23.1 Å². The molecule has 1 aliphatic heterocycles. The summed E-state index contributed by atoms with van der Waals surface area (Å²) in [5.74, 6) is -0.256. The van der Waals surface area contributed by atoms with Crippen LogP contribution in [0, 0.1) is 0 Å². The van der Waals surface area contributed by atoms with E-state index in [9.17, 15) is 9.59 Å². The molecule has 0 unspecified atom stereocenters. The predicted octanol–water partition coefficient (Wildman–Crippen LogP) is 3.45. The number of benzene rings is 2. The first-order valence-electron chi connectivity index (χ1n) is 10.7. The van der Waals surface area contributed by atoms with Gasteiger partial charge in [0.05, 0.1) is 6.20 Å². The average Bonchev–Trinajstić information content (AvgIpc) is 2.83. The van der Waals surface area contributed by atoms with Crippen LogP contribution in [0.25, 0.3) is 11.1 Å². The number of carbonyl (C=O) groups is 2. The molecule has 1 aromatic heterocycles. The van der Waals surface area contributed by atoms with Crippen molar-refractivity contribution < 1.29 is 9.59 Å². The number of carbonyl (C=O) groups excluding carboxylic acids is 2. The van der Waals surface area contributed by atoms with Crippen LogP contribution in [-0.4, -0.2) is 57.3 Å². The number of amides is 2. The van der Waals surface area contributed by atoms with Gasteiger partial charge in [-0.2, -0.15) is 0 Å². The molecule has 1 fully saturated rings. The van der Waals surface area contributed by atoms with Crippen LogP contribution >= 0.6 is 0 Å². The van der Waals surface area contributed by atoms with Gasteiger partial charge in [-0.25, -0.2) is 4.98 Å². The highest BCUT2D eigenvalue weighted by atomic mass is 16.2. The van der Waals surface area contributed by atoms with E-state index in [0.29, 0.717) is 26.1 Å². The zero-order chi connectivity index (χ0) is 21.6. The van der Waals surface area contributed by atoms with Gasteiger partial charge in [-0.1, -0.05) is 61.5 Å². The maximum Gasteiger partial charge on any atom is 0.274 e. The van der Waals surface area contributed by atoms with Gasteiger partial charge in [-0.3, -0.25) is 14.6 Å². The Morgan fingerprint density at radius 1 is 1.03 bits per heavy atom. The van der Waals surface area contributed by atoms with E-state index in [1.807, 2.05) is 41.3 Å². The molecule has 0 saturated carbocycles. The molecule has 2 amide bonds. The van der Waals surface area contributed by atoms with Gasteiger partial charge in [0.1, 0.15) is 11.7 Å². The summed E-state index contributed by atoms with van der Waals surface area (Å²) < 4.78 is 0. The van der Waals surface area contributed by atoms with Crippen molar-refractivity contribution in [2.24, 2.45) is 0 Å². The molecule has 6 heteroatoms. The lowest BCUT2D eigenvalue weighted by Crippen LogP contribution is -2.59. The number of nitrogens with zero attached hydrogens (tertiary/aromatic N) is 4. The van der Waals surface area contributed by atoms with E-state index in [1.165, 1.54) is 18.6 Å². The summed E-state index contributed by atoms with van der Waals surface area (Å²) in [6.07, 6.45) is 5.84. The molecule has 158 valence electrons. The lowest BCUT2D eigenvalue weighted by molar-refractivity contribution is -0.140. The van der Waals surface area contributed by atoms with Gasteiger partial charge in [-0.15, -0.1) is 0 Å². The molecule has 2 heterocycles. The molecule has 0 bridgehead atoms. The molecule has 3 aromatic rings. The third-order valence-corrected chi connectivity index (χ3v) is 5.64. The van der Waals surface area contributed by atoms with E-state index in [4.69, 9.17) is 0 Å². The topological polar surface area (TPSA) is 66.4 Å². The number of piperazine rings is 1. The number of aromatic nitrogens is 2. The van der Waals surface area contributed by atoms with E-state index in [1.54, 1.807) is 4.90 Å². The van der Waals surface area contributed by atoms with Crippen LogP contribution in [0.1, 0.15) is 29.4 Å². The summed E-state index contributed by atoms with van der Waals surface area (Å²) in [6.45, 7) is 3.78. The van der Waals surface area contributed by atoms with Crippen LogP contribution in [0.5, 0.6) is 0 Å². The van der Waals surface area contributed by atoms with Crippen molar-refractivity contribution in [1.29, 1.82) is 0 Å². The molecular formula is C25H26N4O2. The predicted molar refractivity (Wildman–Crippen MR) is 119 cm³/mol. The molecular weight excluding hydrogens is 388 g/mol. The minimum absolute atomic E-state index is 0.00629. The Morgan fingerprint density at radius 3 is 2.55 bits per heavy atom. The van der Waals surface area contributed by atoms with Crippen LogP contribution < -0.4 is 0 Å². The monoisotopic (exact) mass is 414 g/mol. The van der Waals surface area contributed by atoms with E-state index < -0.39 is 6.04 Å². The fourth-order valence-corrected chi connectivity index (χ4v) is 4.13. The van der Waals surface area contributed by atoms with Crippen LogP contribution in [0.2, 0.25) is 0 Å². The normalized spacial score (nSPS) is 16.4. The van der Waals surface area contributed by atoms with Gasteiger partial charge in [-0.05, 0) is 23.1 Å². The average molecular weight is 415 g/mol. The molecule has 4 rings (SSSR count). The fraction of sp³-hybridized carbons (Fsp3) is 0.280. The smallest absolute Gasteiger partial charge is 0.274 e. The second-order valence-electron chi connectivity index (χ2n) is 7.66. The lowest BCUT2D eigenvalue weighted by atomic mass is 9.93.